The number of nitrogens with one attached hydrogen (secondary N) is 1. The Hall–Kier alpha value is -1.43. The molecule has 1 rings (SSSR count). The molecule has 0 saturated carbocycles. The molecule has 0 aliphatic carbocycles. The van der Waals surface area contributed by atoms with Crippen molar-refractivity contribution in [3.63, 3.8) is 0 Å². The number of hydrogen-bond donors (Lipinski definition) is 2. The lowest BCUT2D eigenvalue weighted by Crippen LogP contribution is -2.28. The first kappa shape index (κ1) is 12.6. The molecule has 1 atom stereocenters. The number of carbonyl (C=O) groups excluding carboxylic acids is 1. The van der Waals surface area contributed by atoms with E-state index >= 15 is 0 Å². The molecule has 1 aromatic heterocycles. The zero-order valence-electron chi connectivity index (χ0n) is 8.97. The van der Waals surface area contributed by atoms with E-state index in [9.17, 15) is 14.1 Å². The van der Waals surface area contributed by atoms with Gasteiger partial charge in [-0.15, -0.1) is 0 Å². The van der Waals surface area contributed by atoms with Gasteiger partial charge in [-0.3, -0.25) is 9.00 Å². The second kappa shape index (κ2) is 6.22. The highest BCUT2D eigenvalue weighted by Gasteiger charge is 2.11. The monoisotopic (exact) mass is 242 g/mol. The number of aromatic hydroxyl groups is 1. The smallest absolute Gasteiger partial charge is 0.273 e. The minimum absolute atomic E-state index is 0.00946. The molecular weight excluding hydrogens is 228 g/mol. The summed E-state index contributed by atoms with van der Waals surface area (Å²) in [5.74, 6) is 0.378. The highest BCUT2D eigenvalue weighted by Crippen LogP contribution is 2.11. The summed E-state index contributed by atoms with van der Waals surface area (Å²) in [6.45, 7) is 2.14. The van der Waals surface area contributed by atoms with Crippen LogP contribution >= 0.6 is 0 Å². The van der Waals surface area contributed by atoms with Crippen LogP contribution in [0.3, 0.4) is 0 Å². The minimum atomic E-state index is -0.903. The van der Waals surface area contributed by atoms with Gasteiger partial charge in [0.25, 0.3) is 5.91 Å². The Bertz CT molecular complexity index is 395. The van der Waals surface area contributed by atoms with E-state index in [4.69, 9.17) is 0 Å². The molecule has 1 amide bonds. The molecule has 88 valence electrons. The van der Waals surface area contributed by atoms with Crippen LogP contribution in [0.25, 0.3) is 0 Å². The molecule has 16 heavy (non-hydrogen) atoms. The maximum atomic E-state index is 11.5. The van der Waals surface area contributed by atoms with Crippen LogP contribution in [0.2, 0.25) is 0 Å². The van der Waals surface area contributed by atoms with Crippen molar-refractivity contribution in [1.29, 1.82) is 0 Å². The third-order valence-electron chi connectivity index (χ3n) is 1.94. The fourth-order valence-corrected chi connectivity index (χ4v) is 1.70. The van der Waals surface area contributed by atoms with E-state index < -0.39 is 16.7 Å². The second-order valence-corrected chi connectivity index (χ2v) is 4.92. The van der Waals surface area contributed by atoms with Crippen molar-refractivity contribution in [2.45, 2.75) is 6.92 Å². The number of carbonyl (C=O) groups is 1. The maximum absolute atomic E-state index is 11.5. The number of amides is 1. The third kappa shape index (κ3) is 3.62. The van der Waals surface area contributed by atoms with Crippen molar-refractivity contribution < 1.29 is 14.1 Å². The normalized spacial score (nSPS) is 12.1. The van der Waals surface area contributed by atoms with Crippen LogP contribution in [0.1, 0.15) is 17.4 Å². The van der Waals surface area contributed by atoms with Crippen LogP contribution in [0.4, 0.5) is 0 Å². The molecule has 0 fully saturated rings. The van der Waals surface area contributed by atoms with Gasteiger partial charge in [0, 0.05) is 35.0 Å². The summed E-state index contributed by atoms with van der Waals surface area (Å²) >= 11 is 0. The van der Waals surface area contributed by atoms with Gasteiger partial charge in [-0.1, -0.05) is 6.92 Å². The van der Waals surface area contributed by atoms with Gasteiger partial charge in [0.05, 0.1) is 0 Å². The van der Waals surface area contributed by atoms with E-state index in [1.807, 2.05) is 6.92 Å². The van der Waals surface area contributed by atoms with Crippen molar-refractivity contribution >= 4 is 16.7 Å². The molecule has 1 aromatic rings. The third-order valence-corrected chi connectivity index (χ3v) is 3.24. The molecule has 0 spiro atoms. The van der Waals surface area contributed by atoms with Gasteiger partial charge in [0.1, 0.15) is 5.75 Å². The van der Waals surface area contributed by atoms with Crippen molar-refractivity contribution in [2.75, 3.05) is 18.1 Å². The van der Waals surface area contributed by atoms with E-state index in [-0.39, 0.29) is 11.4 Å². The van der Waals surface area contributed by atoms with Crippen LogP contribution in [-0.4, -0.2) is 38.3 Å². The SMILES string of the molecule is CCS(=O)CCNC(=O)c1ncccc1O. The van der Waals surface area contributed by atoms with E-state index in [0.717, 1.165) is 0 Å². The van der Waals surface area contributed by atoms with Crippen molar-refractivity contribution in [2.24, 2.45) is 0 Å². The van der Waals surface area contributed by atoms with E-state index in [0.29, 0.717) is 18.1 Å². The average molecular weight is 242 g/mol. The highest BCUT2D eigenvalue weighted by atomic mass is 32.2. The van der Waals surface area contributed by atoms with Gasteiger partial charge in [-0.25, -0.2) is 4.98 Å². The van der Waals surface area contributed by atoms with Gasteiger partial charge >= 0.3 is 0 Å². The molecule has 6 heteroatoms. The van der Waals surface area contributed by atoms with Gasteiger partial charge in [-0.2, -0.15) is 0 Å². The average Bonchev–Trinajstić information content (AvgIpc) is 2.29. The number of hydrogen-bond acceptors (Lipinski definition) is 4. The van der Waals surface area contributed by atoms with Gasteiger partial charge in [0.15, 0.2) is 5.69 Å². The first-order chi connectivity index (χ1) is 7.65. The molecule has 0 aromatic carbocycles. The number of aromatic nitrogens is 1. The Balaban J connectivity index is 2.47. The molecule has 0 aliphatic heterocycles. The highest BCUT2D eigenvalue weighted by molar-refractivity contribution is 7.84. The Morgan fingerprint density at radius 2 is 2.38 bits per heavy atom. The van der Waals surface area contributed by atoms with Gasteiger partial charge in [0.2, 0.25) is 0 Å². The predicted molar refractivity (Wildman–Crippen MR) is 61.8 cm³/mol. The summed E-state index contributed by atoms with van der Waals surface area (Å²) in [5, 5.41) is 11.9. The van der Waals surface area contributed by atoms with Crippen molar-refractivity contribution in [1.82, 2.24) is 10.3 Å². The Labute approximate surface area is 96.4 Å². The first-order valence-corrected chi connectivity index (χ1v) is 6.41. The molecule has 0 aliphatic rings. The summed E-state index contributed by atoms with van der Waals surface area (Å²) in [4.78, 5) is 15.3. The summed E-state index contributed by atoms with van der Waals surface area (Å²) in [6.07, 6.45) is 1.43. The summed E-state index contributed by atoms with van der Waals surface area (Å²) < 4.78 is 11.1. The quantitative estimate of drug-likeness (QED) is 0.777. The topological polar surface area (TPSA) is 79.3 Å². The lowest BCUT2D eigenvalue weighted by Gasteiger charge is -2.04. The molecule has 5 nitrogen and oxygen atoms in total. The summed E-state index contributed by atoms with van der Waals surface area (Å²) in [5.41, 5.74) is -0.00946. The Kier molecular flexibility index (Phi) is 4.91. The van der Waals surface area contributed by atoms with Gasteiger partial charge in [-0.05, 0) is 12.1 Å². The number of rotatable bonds is 5. The molecular formula is C10H14N2O3S. The zero-order chi connectivity index (χ0) is 12.0. The van der Waals surface area contributed by atoms with Crippen LogP contribution in [0.5, 0.6) is 5.75 Å². The zero-order valence-corrected chi connectivity index (χ0v) is 9.79. The van der Waals surface area contributed by atoms with Gasteiger partial charge < -0.3 is 10.4 Å². The molecule has 1 unspecified atom stereocenters. The van der Waals surface area contributed by atoms with Crippen LogP contribution in [0, 0.1) is 0 Å². The van der Waals surface area contributed by atoms with E-state index in [1.165, 1.54) is 18.3 Å². The second-order valence-electron chi connectivity index (χ2n) is 3.06. The fourth-order valence-electron chi connectivity index (χ4n) is 1.08. The fraction of sp³-hybridized carbons (Fsp3) is 0.400. The van der Waals surface area contributed by atoms with Crippen LogP contribution in [0.15, 0.2) is 18.3 Å². The first-order valence-electron chi connectivity index (χ1n) is 4.92. The van der Waals surface area contributed by atoms with Crippen LogP contribution in [-0.2, 0) is 10.8 Å². The maximum Gasteiger partial charge on any atom is 0.273 e. The van der Waals surface area contributed by atoms with Crippen LogP contribution < -0.4 is 5.32 Å². The molecule has 2 N–H and O–H groups in total. The van der Waals surface area contributed by atoms with Crippen molar-refractivity contribution in [3.8, 4) is 5.75 Å². The Morgan fingerprint density at radius 3 is 3.00 bits per heavy atom. The largest absolute Gasteiger partial charge is 0.505 e. The lowest BCUT2D eigenvalue weighted by atomic mass is 10.3. The van der Waals surface area contributed by atoms with E-state index in [1.54, 1.807) is 0 Å². The standard InChI is InChI=1S/C10H14N2O3S/c1-2-16(15)7-6-12-10(14)9-8(13)4-3-5-11-9/h3-5,13H,2,6-7H2,1H3,(H,12,14). The molecule has 0 saturated heterocycles. The lowest BCUT2D eigenvalue weighted by molar-refractivity contribution is 0.0948. The summed E-state index contributed by atoms with van der Waals surface area (Å²) in [7, 11) is -0.903. The minimum Gasteiger partial charge on any atom is -0.505 e. The Morgan fingerprint density at radius 1 is 1.62 bits per heavy atom. The number of nitrogens with zero attached hydrogens (tertiary/aromatic N) is 1. The van der Waals surface area contributed by atoms with E-state index in [2.05, 4.69) is 10.3 Å². The predicted octanol–water partition coefficient (Wildman–Crippen LogP) is 0.286. The van der Waals surface area contributed by atoms with Crippen molar-refractivity contribution in [3.05, 3.63) is 24.0 Å². The molecule has 1 heterocycles. The molecule has 0 radical (unpaired) electrons. The number of pyridine rings is 1. The summed E-state index contributed by atoms with van der Waals surface area (Å²) in [6, 6.07) is 2.93. The molecule has 0 bridgehead atoms.